The van der Waals surface area contributed by atoms with Crippen LogP contribution in [-0.2, 0) is 13.0 Å². The summed E-state index contributed by atoms with van der Waals surface area (Å²) in [5.41, 5.74) is 2.30. The lowest BCUT2D eigenvalue weighted by molar-refractivity contribution is 0.171. The summed E-state index contributed by atoms with van der Waals surface area (Å²) < 4.78 is 7.03. The van der Waals surface area contributed by atoms with E-state index >= 15 is 0 Å². The molecule has 2 heterocycles. The molecule has 0 spiro atoms. The molecule has 1 atom stereocenters. The lowest BCUT2D eigenvalue weighted by Crippen LogP contribution is -2.10. The summed E-state index contributed by atoms with van der Waals surface area (Å²) in [6, 6.07) is 1.75. The first-order valence-corrected chi connectivity index (χ1v) is 6.84. The molecule has 1 unspecified atom stereocenters. The van der Waals surface area contributed by atoms with Crippen LogP contribution in [0.15, 0.2) is 18.5 Å². The van der Waals surface area contributed by atoms with Crippen molar-refractivity contribution in [3.8, 4) is 5.75 Å². The second kappa shape index (κ2) is 6.24. The predicted molar refractivity (Wildman–Crippen MR) is 77.1 cm³/mol. The quantitative estimate of drug-likeness (QED) is 0.921. The molecule has 0 amide bonds. The zero-order valence-electron chi connectivity index (χ0n) is 11.8. The number of nitrogens with zero attached hydrogens (tertiary/aromatic N) is 3. The molecule has 0 bridgehead atoms. The van der Waals surface area contributed by atoms with Gasteiger partial charge in [0.15, 0.2) is 0 Å². The molecule has 0 aliphatic heterocycles. The number of rotatable bonds is 5. The van der Waals surface area contributed by atoms with Gasteiger partial charge in [-0.2, -0.15) is 5.10 Å². The summed E-state index contributed by atoms with van der Waals surface area (Å²) in [7, 11) is 1.56. The average molecular weight is 296 g/mol. The minimum atomic E-state index is -0.716. The summed E-state index contributed by atoms with van der Waals surface area (Å²) in [6.07, 6.45) is 2.88. The number of halogens is 1. The molecule has 108 valence electrons. The van der Waals surface area contributed by atoms with E-state index in [-0.39, 0.29) is 0 Å². The van der Waals surface area contributed by atoms with Crippen molar-refractivity contribution in [1.29, 1.82) is 0 Å². The van der Waals surface area contributed by atoms with Crippen LogP contribution in [0.4, 0.5) is 0 Å². The third-order valence-electron chi connectivity index (χ3n) is 3.23. The smallest absolute Gasteiger partial charge is 0.142 e. The third-order valence-corrected chi connectivity index (χ3v) is 3.73. The van der Waals surface area contributed by atoms with Crippen molar-refractivity contribution in [2.24, 2.45) is 0 Å². The SMILES string of the molecule is CCn1nc(C)c(Cl)c1CC(O)c1ccncc1OC. The van der Waals surface area contributed by atoms with Crippen LogP contribution >= 0.6 is 11.6 Å². The Morgan fingerprint density at radius 2 is 2.25 bits per heavy atom. The summed E-state index contributed by atoms with van der Waals surface area (Å²) >= 11 is 6.26. The first kappa shape index (κ1) is 14.8. The van der Waals surface area contributed by atoms with E-state index in [0.29, 0.717) is 29.3 Å². The van der Waals surface area contributed by atoms with E-state index in [1.54, 1.807) is 25.6 Å². The maximum Gasteiger partial charge on any atom is 0.142 e. The van der Waals surface area contributed by atoms with Gasteiger partial charge in [0.05, 0.1) is 35.8 Å². The Labute approximate surface area is 123 Å². The number of hydrogen-bond donors (Lipinski definition) is 1. The van der Waals surface area contributed by atoms with Crippen molar-refractivity contribution in [2.45, 2.75) is 32.9 Å². The highest BCUT2D eigenvalue weighted by atomic mass is 35.5. The first-order valence-electron chi connectivity index (χ1n) is 6.46. The topological polar surface area (TPSA) is 60.2 Å². The number of aromatic nitrogens is 3. The van der Waals surface area contributed by atoms with Crippen molar-refractivity contribution < 1.29 is 9.84 Å². The van der Waals surface area contributed by atoms with E-state index in [1.165, 1.54) is 0 Å². The summed E-state index contributed by atoms with van der Waals surface area (Å²) in [6.45, 7) is 4.56. The molecule has 2 aromatic heterocycles. The fraction of sp³-hybridized carbons (Fsp3) is 0.429. The van der Waals surface area contributed by atoms with Gasteiger partial charge in [-0.25, -0.2) is 0 Å². The fourth-order valence-electron chi connectivity index (χ4n) is 2.19. The van der Waals surface area contributed by atoms with Crippen LogP contribution in [0.1, 0.15) is 30.0 Å². The normalized spacial score (nSPS) is 12.4. The molecule has 5 nitrogen and oxygen atoms in total. The second-order valence-corrected chi connectivity index (χ2v) is 4.88. The van der Waals surface area contributed by atoms with E-state index in [2.05, 4.69) is 10.1 Å². The molecule has 0 fully saturated rings. The van der Waals surface area contributed by atoms with Gasteiger partial charge in [0.25, 0.3) is 0 Å². The minimum Gasteiger partial charge on any atom is -0.495 e. The van der Waals surface area contributed by atoms with Crippen molar-refractivity contribution in [3.63, 3.8) is 0 Å². The Morgan fingerprint density at radius 1 is 1.50 bits per heavy atom. The Balaban J connectivity index is 2.30. The van der Waals surface area contributed by atoms with E-state index < -0.39 is 6.10 Å². The van der Waals surface area contributed by atoms with Crippen molar-refractivity contribution in [2.75, 3.05) is 7.11 Å². The highest BCUT2D eigenvalue weighted by molar-refractivity contribution is 6.31. The van der Waals surface area contributed by atoms with Crippen molar-refractivity contribution in [3.05, 3.63) is 40.4 Å². The fourth-order valence-corrected chi connectivity index (χ4v) is 2.41. The molecule has 20 heavy (non-hydrogen) atoms. The molecule has 0 aromatic carbocycles. The number of hydrogen-bond acceptors (Lipinski definition) is 4. The van der Waals surface area contributed by atoms with Gasteiger partial charge in [0.2, 0.25) is 0 Å². The summed E-state index contributed by atoms with van der Waals surface area (Å²) in [5.74, 6) is 0.565. The van der Waals surface area contributed by atoms with E-state index in [4.69, 9.17) is 16.3 Å². The maximum absolute atomic E-state index is 10.4. The molecule has 0 aliphatic carbocycles. The van der Waals surface area contributed by atoms with Crippen LogP contribution in [0.5, 0.6) is 5.75 Å². The molecule has 2 rings (SSSR count). The molecular formula is C14H18ClN3O2. The number of ether oxygens (including phenoxy) is 1. The van der Waals surface area contributed by atoms with E-state index in [9.17, 15) is 5.11 Å². The molecule has 0 saturated carbocycles. The molecule has 0 saturated heterocycles. The molecule has 6 heteroatoms. The Hall–Kier alpha value is -1.59. The van der Waals surface area contributed by atoms with Gasteiger partial charge in [-0.3, -0.25) is 9.67 Å². The van der Waals surface area contributed by atoms with Gasteiger partial charge in [-0.05, 0) is 19.9 Å². The number of methoxy groups -OCH3 is 1. The Bertz CT molecular complexity index is 598. The molecule has 1 N–H and O–H groups in total. The standard InChI is InChI=1S/C14H18ClN3O2/c1-4-18-11(14(15)9(2)17-18)7-12(19)10-5-6-16-8-13(10)20-3/h5-6,8,12,19H,4,7H2,1-3H3. The monoisotopic (exact) mass is 295 g/mol. The Kier molecular flexibility index (Phi) is 4.62. The van der Waals surface area contributed by atoms with Gasteiger partial charge < -0.3 is 9.84 Å². The number of aryl methyl sites for hydroxylation is 2. The number of aliphatic hydroxyl groups excluding tert-OH is 1. The van der Waals surface area contributed by atoms with Crippen molar-refractivity contribution >= 4 is 11.6 Å². The highest BCUT2D eigenvalue weighted by Crippen LogP contribution is 2.29. The lowest BCUT2D eigenvalue weighted by atomic mass is 10.1. The van der Waals surface area contributed by atoms with Gasteiger partial charge in [0, 0.05) is 24.7 Å². The van der Waals surface area contributed by atoms with Crippen LogP contribution in [0.3, 0.4) is 0 Å². The summed E-state index contributed by atoms with van der Waals surface area (Å²) in [4.78, 5) is 3.98. The third kappa shape index (κ3) is 2.78. The van der Waals surface area contributed by atoms with Crippen LogP contribution in [0.2, 0.25) is 5.02 Å². The predicted octanol–water partition coefficient (Wildman–Crippen LogP) is 2.54. The van der Waals surface area contributed by atoms with Crippen molar-refractivity contribution in [1.82, 2.24) is 14.8 Å². The summed E-state index contributed by atoms with van der Waals surface area (Å²) in [5, 5.41) is 15.4. The lowest BCUT2D eigenvalue weighted by Gasteiger charge is -2.15. The van der Waals surface area contributed by atoms with Crippen LogP contribution < -0.4 is 4.74 Å². The Morgan fingerprint density at radius 3 is 2.90 bits per heavy atom. The van der Waals surface area contributed by atoms with Gasteiger partial charge in [-0.1, -0.05) is 11.6 Å². The molecule has 2 aromatic rings. The van der Waals surface area contributed by atoms with E-state index in [1.807, 2.05) is 18.5 Å². The highest BCUT2D eigenvalue weighted by Gasteiger charge is 2.19. The first-order chi connectivity index (χ1) is 9.58. The molecule has 0 radical (unpaired) electrons. The van der Waals surface area contributed by atoms with Crippen LogP contribution in [-0.4, -0.2) is 27.0 Å². The van der Waals surface area contributed by atoms with Gasteiger partial charge in [-0.15, -0.1) is 0 Å². The van der Waals surface area contributed by atoms with Gasteiger partial charge in [0.1, 0.15) is 5.75 Å². The largest absolute Gasteiger partial charge is 0.495 e. The average Bonchev–Trinajstić information content (AvgIpc) is 2.74. The molecular weight excluding hydrogens is 278 g/mol. The second-order valence-electron chi connectivity index (χ2n) is 4.50. The van der Waals surface area contributed by atoms with Gasteiger partial charge >= 0.3 is 0 Å². The zero-order valence-corrected chi connectivity index (χ0v) is 12.6. The van der Waals surface area contributed by atoms with E-state index in [0.717, 1.165) is 11.4 Å². The molecule has 0 aliphatic rings. The van der Waals surface area contributed by atoms with Crippen LogP contribution in [0.25, 0.3) is 0 Å². The number of pyridine rings is 1. The number of aliphatic hydroxyl groups is 1. The minimum absolute atomic E-state index is 0.383. The zero-order chi connectivity index (χ0) is 14.7. The maximum atomic E-state index is 10.4. The van der Waals surface area contributed by atoms with Crippen LogP contribution in [0, 0.1) is 6.92 Å².